The van der Waals surface area contributed by atoms with E-state index in [0.717, 1.165) is 22.8 Å². The molecule has 3 nitrogen and oxygen atoms in total. The third-order valence-corrected chi connectivity index (χ3v) is 2.99. The lowest BCUT2D eigenvalue weighted by Gasteiger charge is -2.12. The third kappa shape index (κ3) is 3.12. The van der Waals surface area contributed by atoms with Gasteiger partial charge < -0.3 is 5.32 Å². The average molecular weight is 264 g/mol. The van der Waals surface area contributed by atoms with Gasteiger partial charge in [-0.2, -0.15) is 5.10 Å². The Balaban J connectivity index is 2.34. The van der Waals surface area contributed by atoms with Crippen LogP contribution in [0.5, 0.6) is 0 Å². The fraction of sp³-hybridized carbons (Fsp3) is 0.357. The van der Waals surface area contributed by atoms with Crippen molar-refractivity contribution in [1.29, 1.82) is 0 Å². The van der Waals surface area contributed by atoms with Crippen molar-refractivity contribution in [2.75, 3.05) is 0 Å². The van der Waals surface area contributed by atoms with Gasteiger partial charge in [-0.25, -0.2) is 0 Å². The van der Waals surface area contributed by atoms with E-state index < -0.39 is 0 Å². The fourth-order valence-electron chi connectivity index (χ4n) is 1.83. The quantitative estimate of drug-likeness (QED) is 0.918. The van der Waals surface area contributed by atoms with Gasteiger partial charge in [-0.3, -0.25) is 4.68 Å². The molecule has 0 aliphatic rings. The number of hydrogen-bond acceptors (Lipinski definition) is 2. The molecule has 0 aliphatic heterocycles. The van der Waals surface area contributed by atoms with Crippen molar-refractivity contribution in [1.82, 2.24) is 15.1 Å². The van der Waals surface area contributed by atoms with Crippen LogP contribution in [0.2, 0.25) is 5.02 Å². The van der Waals surface area contributed by atoms with Gasteiger partial charge in [0.2, 0.25) is 0 Å². The van der Waals surface area contributed by atoms with Crippen LogP contribution in [-0.2, 0) is 13.6 Å². The minimum absolute atomic E-state index is 0.445. The number of rotatable bonds is 4. The first-order valence-corrected chi connectivity index (χ1v) is 6.46. The summed E-state index contributed by atoms with van der Waals surface area (Å²) in [5.41, 5.74) is 3.29. The van der Waals surface area contributed by atoms with Crippen LogP contribution in [0, 0.1) is 0 Å². The van der Waals surface area contributed by atoms with E-state index in [-0.39, 0.29) is 0 Å². The number of nitrogens with one attached hydrogen (secondary N) is 1. The lowest BCUT2D eigenvalue weighted by molar-refractivity contribution is 0.589. The Morgan fingerprint density at radius 1 is 1.33 bits per heavy atom. The highest BCUT2D eigenvalue weighted by Crippen LogP contribution is 2.25. The zero-order valence-corrected chi connectivity index (χ0v) is 11.7. The predicted molar refractivity (Wildman–Crippen MR) is 75.6 cm³/mol. The van der Waals surface area contributed by atoms with Gasteiger partial charge in [-0.15, -0.1) is 0 Å². The Kier molecular flexibility index (Phi) is 4.04. The lowest BCUT2D eigenvalue weighted by atomic mass is 10.0. The molecule has 1 aromatic carbocycles. The summed E-state index contributed by atoms with van der Waals surface area (Å²) in [6, 6.07) is 8.40. The van der Waals surface area contributed by atoms with Gasteiger partial charge in [0, 0.05) is 36.4 Å². The first kappa shape index (κ1) is 13.1. The highest BCUT2D eigenvalue weighted by atomic mass is 35.5. The first-order chi connectivity index (χ1) is 8.56. The molecule has 2 rings (SSSR count). The smallest absolute Gasteiger partial charge is 0.0926 e. The zero-order chi connectivity index (χ0) is 13.1. The monoisotopic (exact) mass is 263 g/mol. The summed E-state index contributed by atoms with van der Waals surface area (Å²) >= 11 is 6.07. The molecule has 0 fully saturated rings. The zero-order valence-electron chi connectivity index (χ0n) is 10.9. The molecule has 4 heteroatoms. The standard InChI is InChI=1S/C14H18ClN3/c1-10(2)16-9-11-8-12(15)4-5-13(11)14-6-7-18(3)17-14/h4-8,10,16H,9H2,1-3H3. The van der Waals surface area contributed by atoms with E-state index in [4.69, 9.17) is 11.6 Å². The average Bonchev–Trinajstić information content (AvgIpc) is 2.73. The topological polar surface area (TPSA) is 29.9 Å². The number of halogens is 1. The van der Waals surface area contributed by atoms with Crippen LogP contribution in [-0.4, -0.2) is 15.8 Å². The highest BCUT2D eigenvalue weighted by Gasteiger charge is 2.08. The summed E-state index contributed by atoms with van der Waals surface area (Å²) in [5.74, 6) is 0. The maximum Gasteiger partial charge on any atom is 0.0926 e. The minimum Gasteiger partial charge on any atom is -0.310 e. The molecule has 96 valence electrons. The van der Waals surface area contributed by atoms with Crippen LogP contribution < -0.4 is 5.32 Å². The van der Waals surface area contributed by atoms with Crippen molar-refractivity contribution in [2.45, 2.75) is 26.4 Å². The van der Waals surface area contributed by atoms with Crippen molar-refractivity contribution >= 4 is 11.6 Å². The number of nitrogens with zero attached hydrogens (tertiary/aromatic N) is 2. The molecule has 1 heterocycles. The van der Waals surface area contributed by atoms with Crippen molar-refractivity contribution in [3.05, 3.63) is 41.0 Å². The molecule has 1 aromatic heterocycles. The summed E-state index contributed by atoms with van der Waals surface area (Å²) in [6.07, 6.45) is 1.95. The fourth-order valence-corrected chi connectivity index (χ4v) is 2.03. The van der Waals surface area contributed by atoms with Crippen LogP contribution in [0.4, 0.5) is 0 Å². The molecule has 0 saturated carbocycles. The van der Waals surface area contributed by atoms with Gasteiger partial charge in [0.25, 0.3) is 0 Å². The highest BCUT2D eigenvalue weighted by molar-refractivity contribution is 6.30. The second-order valence-electron chi connectivity index (χ2n) is 4.71. The summed E-state index contributed by atoms with van der Waals surface area (Å²) in [5, 5.41) is 8.62. The van der Waals surface area contributed by atoms with E-state index in [1.54, 1.807) is 0 Å². The van der Waals surface area contributed by atoms with E-state index in [1.165, 1.54) is 5.56 Å². The molecular formula is C14H18ClN3. The summed E-state index contributed by atoms with van der Waals surface area (Å²) in [7, 11) is 1.92. The summed E-state index contributed by atoms with van der Waals surface area (Å²) in [6.45, 7) is 5.06. The maximum absolute atomic E-state index is 6.07. The van der Waals surface area contributed by atoms with E-state index in [1.807, 2.05) is 42.2 Å². The van der Waals surface area contributed by atoms with Crippen LogP contribution in [0.25, 0.3) is 11.3 Å². The Labute approximate surface area is 113 Å². The Hall–Kier alpha value is -1.32. The molecule has 0 spiro atoms. The van der Waals surface area contributed by atoms with E-state index in [0.29, 0.717) is 6.04 Å². The van der Waals surface area contributed by atoms with Gasteiger partial charge in [0.15, 0.2) is 0 Å². The van der Waals surface area contributed by atoms with E-state index in [9.17, 15) is 0 Å². The Bertz CT molecular complexity index is 532. The van der Waals surface area contributed by atoms with E-state index in [2.05, 4.69) is 24.3 Å². The number of aryl methyl sites for hydroxylation is 1. The van der Waals surface area contributed by atoms with Crippen LogP contribution in [0.15, 0.2) is 30.5 Å². The van der Waals surface area contributed by atoms with Crippen LogP contribution in [0.1, 0.15) is 19.4 Å². The molecule has 0 amide bonds. The van der Waals surface area contributed by atoms with Crippen LogP contribution >= 0.6 is 11.6 Å². The Morgan fingerprint density at radius 3 is 2.72 bits per heavy atom. The van der Waals surface area contributed by atoms with Crippen molar-refractivity contribution < 1.29 is 0 Å². The van der Waals surface area contributed by atoms with Gasteiger partial charge in [0.05, 0.1) is 5.69 Å². The Morgan fingerprint density at radius 2 is 2.11 bits per heavy atom. The second kappa shape index (κ2) is 5.55. The van der Waals surface area contributed by atoms with Gasteiger partial charge in [-0.05, 0) is 23.8 Å². The predicted octanol–water partition coefficient (Wildman–Crippen LogP) is 3.24. The second-order valence-corrected chi connectivity index (χ2v) is 5.15. The molecule has 0 radical (unpaired) electrons. The molecule has 1 N–H and O–H groups in total. The number of benzene rings is 1. The molecular weight excluding hydrogens is 246 g/mol. The van der Waals surface area contributed by atoms with Crippen molar-refractivity contribution in [2.24, 2.45) is 7.05 Å². The molecule has 0 aliphatic carbocycles. The van der Waals surface area contributed by atoms with Gasteiger partial charge in [0.1, 0.15) is 0 Å². The lowest BCUT2D eigenvalue weighted by Crippen LogP contribution is -2.22. The SMILES string of the molecule is CC(C)NCc1cc(Cl)ccc1-c1ccn(C)n1. The summed E-state index contributed by atoms with van der Waals surface area (Å²) in [4.78, 5) is 0. The van der Waals surface area contributed by atoms with Crippen LogP contribution in [0.3, 0.4) is 0 Å². The first-order valence-electron chi connectivity index (χ1n) is 6.08. The number of hydrogen-bond donors (Lipinski definition) is 1. The summed E-state index contributed by atoms with van der Waals surface area (Å²) < 4.78 is 1.81. The molecule has 0 saturated heterocycles. The van der Waals surface area contributed by atoms with E-state index >= 15 is 0 Å². The van der Waals surface area contributed by atoms with Crippen molar-refractivity contribution in [3.8, 4) is 11.3 Å². The third-order valence-electron chi connectivity index (χ3n) is 2.76. The molecule has 2 aromatic rings. The van der Waals surface area contributed by atoms with Gasteiger partial charge in [-0.1, -0.05) is 31.5 Å². The van der Waals surface area contributed by atoms with Gasteiger partial charge >= 0.3 is 0 Å². The molecule has 0 bridgehead atoms. The normalized spacial score (nSPS) is 11.2. The maximum atomic E-state index is 6.07. The van der Waals surface area contributed by atoms with Crippen molar-refractivity contribution in [3.63, 3.8) is 0 Å². The molecule has 18 heavy (non-hydrogen) atoms. The minimum atomic E-state index is 0.445. The molecule has 0 unspecified atom stereocenters. The molecule has 0 atom stereocenters. The largest absolute Gasteiger partial charge is 0.310 e. The number of aromatic nitrogens is 2.